The summed E-state index contributed by atoms with van der Waals surface area (Å²) in [6, 6.07) is 0. The van der Waals surface area contributed by atoms with Crippen LogP contribution in [0.5, 0.6) is 0 Å². The summed E-state index contributed by atoms with van der Waals surface area (Å²) in [6.45, 7) is 7.37. The second-order valence-electron chi connectivity index (χ2n) is 4.58. The Morgan fingerprint density at radius 2 is 1.53 bits per heavy atom. The zero-order valence-corrected chi connectivity index (χ0v) is 11.5. The van der Waals surface area contributed by atoms with Gasteiger partial charge >= 0.3 is 7.60 Å². The predicted molar refractivity (Wildman–Crippen MR) is 62.5 cm³/mol. The highest BCUT2D eigenvalue weighted by Gasteiger charge is 2.54. The molecule has 90 valence electrons. The van der Waals surface area contributed by atoms with Crippen LogP contribution in [0, 0.1) is 0 Å². The molecule has 1 saturated carbocycles. The molecule has 15 heavy (non-hydrogen) atoms. The molecule has 1 rings (SSSR count). The first kappa shape index (κ1) is 13.5. The van der Waals surface area contributed by atoms with E-state index in [0.717, 1.165) is 6.42 Å². The molecule has 0 aliphatic heterocycles. The normalized spacial score (nSPS) is 20.7. The Labute approximate surface area is 97.0 Å². The van der Waals surface area contributed by atoms with Crippen molar-refractivity contribution in [3.05, 3.63) is 0 Å². The maximum absolute atomic E-state index is 12.6. The first-order valence-corrected chi connectivity index (χ1v) is 7.37. The van der Waals surface area contributed by atoms with Gasteiger partial charge < -0.3 is 9.05 Å². The molecule has 0 aromatic rings. The van der Waals surface area contributed by atoms with Gasteiger partial charge in [0.1, 0.15) is 4.62 Å². The summed E-state index contributed by atoms with van der Waals surface area (Å²) in [6.07, 6.45) is 2.16. The molecule has 3 nitrogen and oxygen atoms in total. The van der Waals surface area contributed by atoms with Gasteiger partial charge in [-0.3, -0.25) is 4.57 Å². The maximum Gasteiger partial charge on any atom is 0.351 e. The van der Waals surface area contributed by atoms with Gasteiger partial charge in [0.15, 0.2) is 0 Å². The van der Waals surface area contributed by atoms with Crippen LogP contribution in [0.4, 0.5) is 0 Å². The fourth-order valence-corrected chi connectivity index (χ4v) is 4.42. The highest BCUT2D eigenvalue weighted by atomic mass is 35.5. The molecule has 0 saturated heterocycles. The smallest absolute Gasteiger partial charge is 0.305 e. The molecular weight excluding hydrogens is 235 g/mol. The van der Waals surface area contributed by atoms with Gasteiger partial charge in [-0.15, -0.1) is 11.6 Å². The van der Waals surface area contributed by atoms with Gasteiger partial charge in [0.05, 0.1) is 12.2 Å². The van der Waals surface area contributed by atoms with Crippen molar-refractivity contribution in [2.24, 2.45) is 0 Å². The molecule has 1 aliphatic rings. The van der Waals surface area contributed by atoms with Crippen LogP contribution in [0.25, 0.3) is 0 Å². The van der Waals surface area contributed by atoms with Crippen molar-refractivity contribution in [3.63, 3.8) is 0 Å². The van der Waals surface area contributed by atoms with Crippen LogP contribution in [-0.2, 0) is 13.6 Å². The largest absolute Gasteiger partial charge is 0.351 e. The van der Waals surface area contributed by atoms with Crippen molar-refractivity contribution in [3.8, 4) is 0 Å². The van der Waals surface area contributed by atoms with Crippen molar-refractivity contribution >= 4 is 19.2 Å². The van der Waals surface area contributed by atoms with E-state index in [0.29, 0.717) is 12.8 Å². The molecule has 0 radical (unpaired) electrons. The lowest BCUT2D eigenvalue weighted by Gasteiger charge is -2.41. The number of alkyl halides is 1. The van der Waals surface area contributed by atoms with Gasteiger partial charge in [-0.05, 0) is 47.0 Å². The maximum atomic E-state index is 12.6. The van der Waals surface area contributed by atoms with E-state index in [9.17, 15) is 4.57 Å². The average molecular weight is 255 g/mol. The van der Waals surface area contributed by atoms with Crippen molar-refractivity contribution < 1.29 is 13.6 Å². The lowest BCUT2D eigenvalue weighted by atomic mass is 9.99. The quantitative estimate of drug-likeness (QED) is 0.546. The van der Waals surface area contributed by atoms with Gasteiger partial charge in [0.25, 0.3) is 0 Å². The second-order valence-corrected chi connectivity index (χ2v) is 7.84. The summed E-state index contributed by atoms with van der Waals surface area (Å²) in [4.78, 5) is 0. The summed E-state index contributed by atoms with van der Waals surface area (Å²) in [7, 11) is -3.18. The Balaban J connectivity index is 2.80. The summed E-state index contributed by atoms with van der Waals surface area (Å²) < 4.78 is 22.7. The van der Waals surface area contributed by atoms with E-state index in [1.54, 1.807) is 0 Å². The molecule has 0 aromatic heterocycles. The Morgan fingerprint density at radius 1 is 1.13 bits per heavy atom. The number of hydrogen-bond donors (Lipinski definition) is 0. The van der Waals surface area contributed by atoms with Crippen LogP contribution in [-0.4, -0.2) is 16.8 Å². The van der Waals surface area contributed by atoms with E-state index >= 15 is 0 Å². The minimum Gasteiger partial charge on any atom is -0.305 e. The lowest BCUT2D eigenvalue weighted by Crippen LogP contribution is -2.33. The summed E-state index contributed by atoms with van der Waals surface area (Å²) >= 11 is 6.29. The molecule has 1 aliphatic carbocycles. The van der Waals surface area contributed by atoms with Crippen molar-refractivity contribution in [2.75, 3.05) is 0 Å². The monoisotopic (exact) mass is 254 g/mol. The van der Waals surface area contributed by atoms with E-state index in [1.165, 1.54) is 0 Å². The lowest BCUT2D eigenvalue weighted by molar-refractivity contribution is 0.124. The van der Waals surface area contributed by atoms with Crippen molar-refractivity contribution in [2.45, 2.75) is 63.8 Å². The molecule has 0 spiro atoms. The zero-order chi connectivity index (χ0) is 11.7. The first-order valence-electron chi connectivity index (χ1n) is 5.45. The van der Waals surface area contributed by atoms with Crippen LogP contribution in [0.2, 0.25) is 0 Å². The standard InChI is InChI=1S/C10H20ClO3P/c1-8(2)13-15(12,14-9(3)4)10(11)6-5-7-10/h8-9H,5-7H2,1-4H3. The third-order valence-electron chi connectivity index (χ3n) is 2.31. The van der Waals surface area contributed by atoms with Crippen molar-refractivity contribution in [1.29, 1.82) is 0 Å². The highest BCUT2D eigenvalue weighted by molar-refractivity contribution is 7.57. The number of rotatable bonds is 5. The van der Waals surface area contributed by atoms with Crippen LogP contribution >= 0.6 is 19.2 Å². The summed E-state index contributed by atoms with van der Waals surface area (Å²) in [5.74, 6) is 0. The fraction of sp³-hybridized carbons (Fsp3) is 1.00. The van der Waals surface area contributed by atoms with E-state index in [-0.39, 0.29) is 12.2 Å². The van der Waals surface area contributed by atoms with Crippen molar-refractivity contribution in [1.82, 2.24) is 0 Å². The van der Waals surface area contributed by atoms with Gasteiger partial charge in [-0.25, -0.2) is 0 Å². The molecular formula is C10H20ClO3P. The number of halogens is 1. The summed E-state index contributed by atoms with van der Waals surface area (Å²) in [5, 5.41) is 0. The third kappa shape index (κ3) is 2.97. The van der Waals surface area contributed by atoms with Gasteiger partial charge in [0, 0.05) is 0 Å². The molecule has 0 atom stereocenters. The van der Waals surface area contributed by atoms with Crippen LogP contribution in [0.3, 0.4) is 0 Å². The topological polar surface area (TPSA) is 35.5 Å². The average Bonchev–Trinajstić information content (AvgIpc) is 1.96. The molecule has 0 bridgehead atoms. The predicted octanol–water partition coefficient (Wildman–Crippen LogP) is 4.15. The third-order valence-corrected chi connectivity index (χ3v) is 6.14. The highest BCUT2D eigenvalue weighted by Crippen LogP contribution is 2.70. The van der Waals surface area contributed by atoms with Crippen LogP contribution in [0.1, 0.15) is 47.0 Å². The van der Waals surface area contributed by atoms with E-state index in [4.69, 9.17) is 20.6 Å². The van der Waals surface area contributed by atoms with Gasteiger partial charge in [-0.2, -0.15) is 0 Å². The molecule has 0 N–H and O–H groups in total. The Kier molecular flexibility index (Phi) is 4.27. The molecule has 1 fully saturated rings. The summed E-state index contributed by atoms with van der Waals surface area (Å²) in [5.41, 5.74) is 0. The molecule has 5 heteroatoms. The van der Waals surface area contributed by atoms with Gasteiger partial charge in [-0.1, -0.05) is 0 Å². The van der Waals surface area contributed by atoms with E-state index in [2.05, 4.69) is 0 Å². The van der Waals surface area contributed by atoms with Crippen LogP contribution < -0.4 is 0 Å². The molecule has 0 aromatic carbocycles. The fourth-order valence-electron chi connectivity index (χ4n) is 1.51. The Morgan fingerprint density at radius 3 is 1.73 bits per heavy atom. The van der Waals surface area contributed by atoms with Crippen LogP contribution in [0.15, 0.2) is 0 Å². The molecule has 0 heterocycles. The number of hydrogen-bond acceptors (Lipinski definition) is 3. The molecule has 0 amide bonds. The minimum atomic E-state index is -3.18. The Bertz CT molecular complexity index is 247. The van der Waals surface area contributed by atoms with Gasteiger partial charge in [0.2, 0.25) is 0 Å². The second kappa shape index (κ2) is 4.75. The Hall–Kier alpha value is 0.440. The minimum absolute atomic E-state index is 0.134. The van der Waals surface area contributed by atoms with E-state index < -0.39 is 12.2 Å². The zero-order valence-electron chi connectivity index (χ0n) is 9.83. The SMILES string of the molecule is CC(C)OP(=O)(OC(C)C)C1(Cl)CCC1. The first-order chi connectivity index (χ1) is 6.79. The van der Waals surface area contributed by atoms with E-state index in [1.807, 2.05) is 27.7 Å². The molecule has 0 unspecified atom stereocenters.